The summed E-state index contributed by atoms with van der Waals surface area (Å²) in [6.07, 6.45) is 2.48. The molecule has 3 aromatic carbocycles. The van der Waals surface area contributed by atoms with Crippen LogP contribution in [0.1, 0.15) is 30.0 Å². The molecule has 0 unspecified atom stereocenters. The maximum absolute atomic E-state index is 13.0. The van der Waals surface area contributed by atoms with Gasteiger partial charge in [-0.15, -0.1) is 0 Å². The fraction of sp³-hybridized carbons (Fsp3) is 0.250. The highest BCUT2D eigenvalue weighted by atomic mass is 32.2. The van der Waals surface area contributed by atoms with E-state index in [0.29, 0.717) is 18.7 Å². The van der Waals surface area contributed by atoms with Crippen molar-refractivity contribution in [1.29, 1.82) is 0 Å². The molecular weight excluding hydrogens is 444 g/mol. The van der Waals surface area contributed by atoms with E-state index in [1.165, 1.54) is 4.31 Å². The molecule has 168 valence electrons. The Kier molecular flexibility index (Phi) is 6.37. The zero-order valence-corrected chi connectivity index (χ0v) is 19.5. The summed E-state index contributed by atoms with van der Waals surface area (Å²) in [5, 5.41) is 0. The van der Waals surface area contributed by atoms with Crippen LogP contribution in [0.5, 0.6) is 0 Å². The number of nitrogens with zero attached hydrogens (tertiary/aromatic N) is 1. The van der Waals surface area contributed by atoms with Crippen LogP contribution in [0.3, 0.4) is 0 Å². The molecule has 1 aliphatic rings. The van der Waals surface area contributed by atoms with Gasteiger partial charge in [0.1, 0.15) is 0 Å². The predicted molar refractivity (Wildman–Crippen MR) is 125 cm³/mol. The highest BCUT2D eigenvalue weighted by Crippen LogP contribution is 2.28. The second kappa shape index (κ2) is 9.05. The molecule has 3 aromatic rings. The number of aryl methyl sites for hydroxylation is 1. The van der Waals surface area contributed by atoms with Crippen LogP contribution in [0, 0.1) is 0 Å². The quantitative estimate of drug-likeness (QED) is 0.561. The zero-order chi connectivity index (χ0) is 22.8. The molecule has 0 atom stereocenters. The van der Waals surface area contributed by atoms with Gasteiger partial charge in [-0.25, -0.2) is 16.8 Å². The molecule has 32 heavy (non-hydrogen) atoms. The van der Waals surface area contributed by atoms with E-state index in [1.54, 1.807) is 54.6 Å². The van der Waals surface area contributed by atoms with Crippen molar-refractivity contribution in [3.63, 3.8) is 0 Å². The molecule has 1 N–H and O–H groups in total. The third-order valence-electron chi connectivity index (χ3n) is 5.59. The second-order valence-corrected chi connectivity index (χ2v) is 11.5. The normalized spacial score (nSPS) is 14.7. The summed E-state index contributed by atoms with van der Waals surface area (Å²) >= 11 is 0. The van der Waals surface area contributed by atoms with Gasteiger partial charge in [-0.05, 0) is 65.9 Å². The summed E-state index contributed by atoms with van der Waals surface area (Å²) in [6, 6.07) is 20.5. The van der Waals surface area contributed by atoms with Crippen molar-refractivity contribution in [3.8, 4) is 0 Å². The summed E-state index contributed by atoms with van der Waals surface area (Å²) < 4.78 is 55.7. The molecule has 0 amide bonds. The van der Waals surface area contributed by atoms with Gasteiger partial charge in [0.15, 0.2) is 0 Å². The fourth-order valence-electron chi connectivity index (χ4n) is 3.88. The molecule has 0 spiro atoms. The van der Waals surface area contributed by atoms with Crippen LogP contribution in [0.15, 0.2) is 82.6 Å². The molecule has 0 fully saturated rings. The fourth-order valence-corrected chi connectivity index (χ4v) is 6.37. The molecule has 4 rings (SSSR count). The lowest BCUT2D eigenvalue weighted by molar-refractivity contribution is 0.391. The van der Waals surface area contributed by atoms with Crippen molar-refractivity contribution in [2.75, 3.05) is 11.3 Å². The van der Waals surface area contributed by atoms with E-state index >= 15 is 0 Å². The smallest absolute Gasteiger partial charge is 0.261 e. The molecule has 0 saturated carbocycles. The lowest BCUT2D eigenvalue weighted by Gasteiger charge is -2.28. The Labute approximate surface area is 190 Å². The minimum Gasteiger partial charge on any atom is -0.280 e. The molecule has 1 aliphatic heterocycles. The molecule has 0 aliphatic carbocycles. The molecular formula is C24H26N2O4S2. The van der Waals surface area contributed by atoms with E-state index in [1.807, 2.05) is 18.2 Å². The van der Waals surface area contributed by atoms with E-state index in [-0.39, 0.29) is 16.3 Å². The third-order valence-corrected chi connectivity index (χ3v) is 8.85. The van der Waals surface area contributed by atoms with Gasteiger partial charge in [0.2, 0.25) is 10.0 Å². The molecule has 0 saturated heterocycles. The average molecular weight is 471 g/mol. The summed E-state index contributed by atoms with van der Waals surface area (Å²) in [6.45, 7) is 2.67. The largest absolute Gasteiger partial charge is 0.280 e. The summed E-state index contributed by atoms with van der Waals surface area (Å²) in [4.78, 5) is 0.454. The van der Waals surface area contributed by atoms with E-state index in [0.717, 1.165) is 29.5 Å². The van der Waals surface area contributed by atoms with Gasteiger partial charge in [-0.3, -0.25) is 4.72 Å². The van der Waals surface area contributed by atoms with E-state index in [4.69, 9.17) is 0 Å². The van der Waals surface area contributed by atoms with Crippen LogP contribution >= 0.6 is 0 Å². The number of hydrogen-bond donors (Lipinski definition) is 1. The predicted octanol–water partition coefficient (Wildman–Crippen LogP) is 4.19. The first-order chi connectivity index (χ1) is 15.3. The number of nitrogens with one attached hydrogen (secondary N) is 1. The minimum atomic E-state index is -3.74. The first-order valence-electron chi connectivity index (χ1n) is 10.6. The first-order valence-corrected chi connectivity index (χ1v) is 13.5. The number of anilines is 1. The Bertz CT molecular complexity index is 1300. The lowest BCUT2D eigenvalue weighted by Crippen LogP contribution is -2.36. The van der Waals surface area contributed by atoms with Crippen molar-refractivity contribution in [2.45, 2.75) is 42.5 Å². The minimum absolute atomic E-state index is 0.198. The molecule has 0 aromatic heterocycles. The van der Waals surface area contributed by atoms with Crippen molar-refractivity contribution in [2.24, 2.45) is 0 Å². The summed E-state index contributed by atoms with van der Waals surface area (Å²) in [5.41, 5.74) is 3.34. The maximum Gasteiger partial charge on any atom is 0.261 e. The second-order valence-electron chi connectivity index (χ2n) is 7.88. The standard InChI is InChI=1S/C24H26N2O4S2/c1-2-6-19-9-13-23(14-10-19)31(27,28)25-22-12-11-20-15-16-26(18-21(20)17-22)32(29,30)24-7-4-3-5-8-24/h3-5,7-14,17,25H,2,6,15-16,18H2,1H3. The van der Waals surface area contributed by atoms with Crippen molar-refractivity contribution in [3.05, 3.63) is 89.5 Å². The Morgan fingerprint density at radius 3 is 2.25 bits per heavy atom. The van der Waals surface area contributed by atoms with E-state index in [2.05, 4.69) is 11.6 Å². The van der Waals surface area contributed by atoms with E-state index in [9.17, 15) is 16.8 Å². The van der Waals surface area contributed by atoms with Crippen LogP contribution in [0.4, 0.5) is 5.69 Å². The van der Waals surface area contributed by atoms with Gasteiger partial charge in [0.25, 0.3) is 10.0 Å². The Balaban J connectivity index is 1.55. The van der Waals surface area contributed by atoms with Gasteiger partial charge >= 0.3 is 0 Å². The SMILES string of the molecule is CCCc1ccc(S(=O)(=O)Nc2ccc3c(c2)CN(S(=O)(=O)c2ccccc2)CC3)cc1. The van der Waals surface area contributed by atoms with Gasteiger partial charge in [0, 0.05) is 18.8 Å². The number of fused-ring (bicyclic) bond motifs is 1. The highest BCUT2D eigenvalue weighted by Gasteiger charge is 2.28. The average Bonchev–Trinajstić information content (AvgIpc) is 2.79. The van der Waals surface area contributed by atoms with Crippen LogP contribution in [0.2, 0.25) is 0 Å². The summed E-state index contributed by atoms with van der Waals surface area (Å²) in [5.74, 6) is 0. The van der Waals surface area contributed by atoms with Gasteiger partial charge in [-0.2, -0.15) is 4.31 Å². The highest BCUT2D eigenvalue weighted by molar-refractivity contribution is 7.92. The first kappa shape index (κ1) is 22.5. The number of benzene rings is 3. The number of hydrogen-bond acceptors (Lipinski definition) is 4. The lowest BCUT2D eigenvalue weighted by atomic mass is 10.0. The number of rotatable bonds is 7. The van der Waals surface area contributed by atoms with Crippen LogP contribution in [0.25, 0.3) is 0 Å². The van der Waals surface area contributed by atoms with Crippen LogP contribution < -0.4 is 4.72 Å². The van der Waals surface area contributed by atoms with Crippen LogP contribution in [-0.2, 0) is 39.4 Å². The van der Waals surface area contributed by atoms with Crippen molar-refractivity contribution < 1.29 is 16.8 Å². The Morgan fingerprint density at radius 1 is 0.844 bits per heavy atom. The third kappa shape index (κ3) is 4.72. The molecule has 6 nitrogen and oxygen atoms in total. The molecule has 8 heteroatoms. The van der Waals surface area contributed by atoms with Gasteiger partial charge < -0.3 is 0 Å². The maximum atomic E-state index is 13.0. The van der Waals surface area contributed by atoms with Crippen molar-refractivity contribution in [1.82, 2.24) is 4.31 Å². The Morgan fingerprint density at radius 2 is 1.56 bits per heavy atom. The number of sulfonamides is 2. The molecule has 0 bridgehead atoms. The summed E-state index contributed by atoms with van der Waals surface area (Å²) in [7, 11) is -7.35. The topological polar surface area (TPSA) is 83.6 Å². The van der Waals surface area contributed by atoms with Crippen molar-refractivity contribution >= 4 is 25.7 Å². The van der Waals surface area contributed by atoms with E-state index < -0.39 is 20.0 Å². The molecule has 1 heterocycles. The zero-order valence-electron chi connectivity index (χ0n) is 17.9. The van der Waals surface area contributed by atoms with Crippen LogP contribution in [-0.4, -0.2) is 27.7 Å². The molecule has 0 radical (unpaired) electrons. The Hall–Kier alpha value is -2.68. The van der Waals surface area contributed by atoms with Gasteiger partial charge in [0.05, 0.1) is 9.79 Å². The van der Waals surface area contributed by atoms with Gasteiger partial charge in [-0.1, -0.05) is 49.7 Å². The monoisotopic (exact) mass is 470 g/mol.